The number of hydrogen-bond donors (Lipinski definition) is 1. The summed E-state index contributed by atoms with van der Waals surface area (Å²) in [5, 5.41) is 2.81. The number of carbonyl (C=O) groups is 1. The fourth-order valence-corrected chi connectivity index (χ4v) is 2.91. The van der Waals surface area contributed by atoms with E-state index in [-0.39, 0.29) is 5.91 Å². The molecule has 126 valence electrons. The average Bonchev–Trinajstić information content (AvgIpc) is 2.62. The van der Waals surface area contributed by atoms with E-state index in [2.05, 4.69) is 32.2 Å². The van der Waals surface area contributed by atoms with Crippen molar-refractivity contribution >= 4 is 23.1 Å². The number of aromatic nitrogens is 1. The lowest BCUT2D eigenvalue weighted by atomic mass is 10.2. The number of nitrogens with zero attached hydrogens (tertiary/aromatic N) is 3. The van der Waals surface area contributed by atoms with Gasteiger partial charge in [-0.05, 0) is 36.4 Å². The van der Waals surface area contributed by atoms with Crippen LogP contribution >= 0.6 is 0 Å². The first-order valence-electron chi connectivity index (χ1n) is 8.04. The third kappa shape index (κ3) is 3.59. The first-order chi connectivity index (χ1) is 11.7. The number of methoxy groups -OCH3 is 1. The Labute approximate surface area is 142 Å². The Morgan fingerprint density at radius 3 is 2.38 bits per heavy atom. The number of anilines is 3. The van der Waals surface area contributed by atoms with Crippen molar-refractivity contribution in [3.63, 3.8) is 0 Å². The second kappa shape index (κ2) is 7.21. The van der Waals surface area contributed by atoms with Gasteiger partial charge in [-0.25, -0.2) is 4.98 Å². The van der Waals surface area contributed by atoms with Gasteiger partial charge in [0.15, 0.2) is 5.82 Å². The molecule has 6 nitrogen and oxygen atoms in total. The number of pyridine rings is 1. The summed E-state index contributed by atoms with van der Waals surface area (Å²) in [7, 11) is 1.67. The Balaban J connectivity index is 1.67. The summed E-state index contributed by atoms with van der Waals surface area (Å²) in [4.78, 5) is 20.3. The molecule has 1 aromatic carbocycles. The molecule has 1 amide bonds. The van der Waals surface area contributed by atoms with Crippen LogP contribution in [-0.2, 0) is 4.79 Å². The largest absolute Gasteiger partial charge is 0.497 e. The maximum Gasteiger partial charge on any atom is 0.222 e. The third-order valence-electron chi connectivity index (χ3n) is 4.14. The molecule has 0 saturated carbocycles. The molecule has 6 heteroatoms. The molecule has 1 saturated heterocycles. The van der Waals surface area contributed by atoms with Gasteiger partial charge < -0.3 is 19.9 Å². The SMILES string of the molecule is COc1ccc(N2CCN(c3cccnc3NC(C)=O)CC2)cc1. The first-order valence-corrected chi connectivity index (χ1v) is 8.04. The molecule has 0 bridgehead atoms. The first kappa shape index (κ1) is 16.1. The highest BCUT2D eigenvalue weighted by molar-refractivity contribution is 5.91. The van der Waals surface area contributed by atoms with E-state index in [4.69, 9.17) is 4.74 Å². The quantitative estimate of drug-likeness (QED) is 0.935. The van der Waals surface area contributed by atoms with Gasteiger partial charge in [0, 0.05) is 45.0 Å². The van der Waals surface area contributed by atoms with Crippen LogP contribution in [0.2, 0.25) is 0 Å². The fourth-order valence-electron chi connectivity index (χ4n) is 2.91. The van der Waals surface area contributed by atoms with E-state index in [1.807, 2.05) is 24.3 Å². The highest BCUT2D eigenvalue weighted by Crippen LogP contribution is 2.26. The van der Waals surface area contributed by atoms with Crippen LogP contribution in [0.1, 0.15) is 6.92 Å². The van der Waals surface area contributed by atoms with Gasteiger partial charge in [0.05, 0.1) is 12.8 Å². The lowest BCUT2D eigenvalue weighted by molar-refractivity contribution is -0.114. The minimum Gasteiger partial charge on any atom is -0.497 e. The lowest BCUT2D eigenvalue weighted by Gasteiger charge is -2.37. The predicted octanol–water partition coefficient (Wildman–Crippen LogP) is 2.38. The molecule has 0 aliphatic carbocycles. The molecule has 2 aromatic rings. The van der Waals surface area contributed by atoms with Crippen molar-refractivity contribution in [1.82, 2.24) is 4.98 Å². The summed E-state index contributed by atoms with van der Waals surface area (Å²) in [6, 6.07) is 12.0. The van der Waals surface area contributed by atoms with Gasteiger partial charge in [-0.2, -0.15) is 0 Å². The summed E-state index contributed by atoms with van der Waals surface area (Å²) >= 11 is 0. The lowest BCUT2D eigenvalue weighted by Crippen LogP contribution is -2.46. The summed E-state index contributed by atoms with van der Waals surface area (Å²) in [6.07, 6.45) is 1.70. The third-order valence-corrected chi connectivity index (χ3v) is 4.14. The molecular formula is C18H22N4O2. The molecule has 24 heavy (non-hydrogen) atoms. The molecule has 0 radical (unpaired) electrons. The molecule has 0 atom stereocenters. The fraction of sp³-hybridized carbons (Fsp3) is 0.333. The zero-order chi connectivity index (χ0) is 16.9. The molecule has 1 aromatic heterocycles. The van der Waals surface area contributed by atoms with Crippen LogP contribution in [0.3, 0.4) is 0 Å². The monoisotopic (exact) mass is 326 g/mol. The van der Waals surface area contributed by atoms with E-state index in [9.17, 15) is 4.79 Å². The molecule has 3 rings (SSSR count). The van der Waals surface area contributed by atoms with Gasteiger partial charge in [-0.15, -0.1) is 0 Å². The number of amides is 1. The van der Waals surface area contributed by atoms with Crippen LogP contribution in [0.25, 0.3) is 0 Å². The van der Waals surface area contributed by atoms with E-state index in [1.165, 1.54) is 12.6 Å². The summed E-state index contributed by atoms with van der Waals surface area (Å²) in [5.74, 6) is 1.39. The summed E-state index contributed by atoms with van der Waals surface area (Å²) in [5.41, 5.74) is 2.17. The summed E-state index contributed by atoms with van der Waals surface area (Å²) in [6.45, 7) is 5.09. The Morgan fingerprint density at radius 1 is 1.08 bits per heavy atom. The minimum atomic E-state index is -0.105. The number of piperazine rings is 1. The number of benzene rings is 1. The van der Waals surface area contributed by atoms with Crippen molar-refractivity contribution in [3.05, 3.63) is 42.6 Å². The number of rotatable bonds is 4. The zero-order valence-corrected chi connectivity index (χ0v) is 14.0. The van der Waals surface area contributed by atoms with Crippen LogP contribution in [0.4, 0.5) is 17.2 Å². The Kier molecular flexibility index (Phi) is 4.84. The van der Waals surface area contributed by atoms with Crippen molar-refractivity contribution in [2.75, 3.05) is 48.4 Å². The highest BCUT2D eigenvalue weighted by Gasteiger charge is 2.20. The second-order valence-corrected chi connectivity index (χ2v) is 5.72. The standard InChI is InChI=1S/C18H22N4O2/c1-14(23)20-18-17(4-3-9-19-18)22-12-10-21(11-13-22)15-5-7-16(24-2)8-6-15/h3-9H,10-13H2,1-2H3,(H,19,20,23). The number of carbonyl (C=O) groups excluding carboxylic acids is 1. The van der Waals surface area contributed by atoms with Gasteiger partial charge >= 0.3 is 0 Å². The Hall–Kier alpha value is -2.76. The topological polar surface area (TPSA) is 57.7 Å². The molecular weight excluding hydrogens is 304 g/mol. The average molecular weight is 326 g/mol. The molecule has 1 aliphatic heterocycles. The molecule has 0 spiro atoms. The van der Waals surface area contributed by atoms with Crippen LogP contribution in [0, 0.1) is 0 Å². The normalized spacial score (nSPS) is 14.4. The second-order valence-electron chi connectivity index (χ2n) is 5.72. The van der Waals surface area contributed by atoms with Crippen LogP contribution in [-0.4, -0.2) is 44.2 Å². The van der Waals surface area contributed by atoms with Gasteiger partial charge in [0.2, 0.25) is 5.91 Å². The van der Waals surface area contributed by atoms with Crippen molar-refractivity contribution < 1.29 is 9.53 Å². The van der Waals surface area contributed by atoms with E-state index < -0.39 is 0 Å². The smallest absolute Gasteiger partial charge is 0.222 e. The highest BCUT2D eigenvalue weighted by atomic mass is 16.5. The molecule has 2 heterocycles. The van der Waals surface area contributed by atoms with Crippen LogP contribution in [0.15, 0.2) is 42.6 Å². The van der Waals surface area contributed by atoms with Gasteiger partial charge in [0.1, 0.15) is 5.75 Å². The molecule has 1 N–H and O–H groups in total. The maximum atomic E-state index is 11.3. The van der Waals surface area contributed by atoms with E-state index in [0.29, 0.717) is 5.82 Å². The van der Waals surface area contributed by atoms with E-state index in [1.54, 1.807) is 13.3 Å². The number of hydrogen-bond acceptors (Lipinski definition) is 5. The minimum absolute atomic E-state index is 0.105. The zero-order valence-electron chi connectivity index (χ0n) is 14.0. The number of nitrogens with one attached hydrogen (secondary N) is 1. The predicted molar refractivity (Wildman–Crippen MR) is 96.0 cm³/mol. The van der Waals surface area contributed by atoms with Gasteiger partial charge in [0.25, 0.3) is 0 Å². The molecule has 1 fully saturated rings. The van der Waals surface area contributed by atoms with E-state index >= 15 is 0 Å². The van der Waals surface area contributed by atoms with Crippen molar-refractivity contribution in [2.24, 2.45) is 0 Å². The van der Waals surface area contributed by atoms with Crippen LogP contribution < -0.4 is 19.9 Å². The molecule has 0 unspecified atom stereocenters. The van der Waals surface area contributed by atoms with Crippen molar-refractivity contribution in [1.29, 1.82) is 0 Å². The van der Waals surface area contributed by atoms with Crippen molar-refractivity contribution in [2.45, 2.75) is 6.92 Å². The summed E-state index contributed by atoms with van der Waals surface area (Å²) < 4.78 is 5.21. The maximum absolute atomic E-state index is 11.3. The van der Waals surface area contributed by atoms with Gasteiger partial charge in [-0.3, -0.25) is 4.79 Å². The Bertz CT molecular complexity index is 694. The van der Waals surface area contributed by atoms with Gasteiger partial charge in [-0.1, -0.05) is 0 Å². The number of ether oxygens (including phenoxy) is 1. The Morgan fingerprint density at radius 2 is 1.75 bits per heavy atom. The van der Waals surface area contributed by atoms with E-state index in [0.717, 1.165) is 37.6 Å². The van der Waals surface area contributed by atoms with Crippen molar-refractivity contribution in [3.8, 4) is 5.75 Å². The van der Waals surface area contributed by atoms with Crippen LogP contribution in [0.5, 0.6) is 5.75 Å². The molecule has 1 aliphatic rings.